The van der Waals surface area contributed by atoms with Gasteiger partial charge >= 0.3 is 5.97 Å². The molecule has 1 fully saturated rings. The van der Waals surface area contributed by atoms with Crippen molar-refractivity contribution in [2.24, 2.45) is 0 Å². The SMILES string of the molecule is COC(=O)c1ccc2nc(Cc3ccc(-c4cccc(OCc5ccc(Cl)cc5F)n4)c(Cl)c3)n(C[C@@H]3CCCO3)c2c1. The summed E-state index contributed by atoms with van der Waals surface area (Å²) in [6.07, 6.45) is 2.61. The second-order valence-corrected chi connectivity index (χ2v) is 11.2. The highest BCUT2D eigenvalue weighted by Crippen LogP contribution is 2.31. The van der Waals surface area contributed by atoms with Gasteiger partial charge in [0.25, 0.3) is 0 Å². The van der Waals surface area contributed by atoms with Crippen LogP contribution >= 0.6 is 23.2 Å². The summed E-state index contributed by atoms with van der Waals surface area (Å²) in [6, 6.07) is 21.0. The maximum atomic E-state index is 14.2. The molecule has 2 aromatic heterocycles. The smallest absolute Gasteiger partial charge is 0.337 e. The number of ether oxygens (including phenoxy) is 3. The Balaban J connectivity index is 1.24. The molecule has 0 spiro atoms. The fourth-order valence-electron chi connectivity index (χ4n) is 5.24. The molecular formula is C33H28Cl2FN3O4. The standard InChI is InChI=1S/C33H28Cl2FN3O4/c1-41-33(40)21-9-12-29-30(16-21)39(18-24-4-3-13-42-24)31(37-29)15-20-7-11-25(26(35)14-20)28-5-2-6-32(38-28)43-19-22-8-10-23(34)17-27(22)36/h2,5-12,14,16-17,24H,3-4,13,15,18-19H2,1H3/t24-/m0/s1. The lowest BCUT2D eigenvalue weighted by Gasteiger charge is -2.15. The van der Waals surface area contributed by atoms with E-state index in [1.165, 1.54) is 13.2 Å². The van der Waals surface area contributed by atoms with Crippen LogP contribution in [0.3, 0.4) is 0 Å². The summed E-state index contributed by atoms with van der Waals surface area (Å²) < 4.78 is 32.9. The summed E-state index contributed by atoms with van der Waals surface area (Å²) in [5, 5.41) is 0.855. The maximum Gasteiger partial charge on any atom is 0.337 e. The van der Waals surface area contributed by atoms with Crippen LogP contribution in [-0.2, 0) is 29.0 Å². The average Bonchev–Trinajstić information content (AvgIpc) is 3.64. The zero-order valence-corrected chi connectivity index (χ0v) is 24.9. The second-order valence-electron chi connectivity index (χ2n) is 10.3. The van der Waals surface area contributed by atoms with E-state index in [9.17, 15) is 9.18 Å². The number of nitrogens with zero attached hydrogens (tertiary/aromatic N) is 3. The minimum absolute atomic E-state index is 0.0140. The van der Waals surface area contributed by atoms with Crippen molar-refractivity contribution in [1.29, 1.82) is 0 Å². The highest BCUT2D eigenvalue weighted by Gasteiger charge is 2.21. The van der Waals surface area contributed by atoms with Crippen molar-refractivity contribution in [3.05, 3.63) is 111 Å². The topological polar surface area (TPSA) is 75.5 Å². The van der Waals surface area contributed by atoms with Crippen molar-refractivity contribution in [1.82, 2.24) is 14.5 Å². The first-order valence-electron chi connectivity index (χ1n) is 13.9. The van der Waals surface area contributed by atoms with E-state index in [2.05, 4.69) is 9.55 Å². The number of halogens is 3. The molecule has 0 unspecified atom stereocenters. The number of esters is 1. The number of methoxy groups -OCH3 is 1. The molecule has 0 aliphatic carbocycles. The highest BCUT2D eigenvalue weighted by molar-refractivity contribution is 6.33. The van der Waals surface area contributed by atoms with Crippen LogP contribution in [0.1, 0.15) is 40.2 Å². The lowest BCUT2D eigenvalue weighted by molar-refractivity contribution is 0.0601. The van der Waals surface area contributed by atoms with Gasteiger partial charge in [-0.05, 0) is 60.9 Å². The summed E-state index contributed by atoms with van der Waals surface area (Å²) in [7, 11) is 1.37. The predicted molar refractivity (Wildman–Crippen MR) is 163 cm³/mol. The quantitative estimate of drug-likeness (QED) is 0.158. The van der Waals surface area contributed by atoms with Crippen LogP contribution in [0.5, 0.6) is 5.88 Å². The third-order valence-corrected chi connectivity index (χ3v) is 7.99. The number of pyridine rings is 1. The minimum Gasteiger partial charge on any atom is -0.473 e. The Kier molecular flexibility index (Phi) is 8.61. The van der Waals surface area contributed by atoms with Gasteiger partial charge in [0.05, 0.1) is 47.1 Å². The Hall–Kier alpha value is -3.98. The number of carbonyl (C=O) groups is 1. The van der Waals surface area contributed by atoms with Crippen LogP contribution in [-0.4, -0.2) is 40.3 Å². The number of rotatable bonds is 9. The third kappa shape index (κ3) is 6.51. The molecule has 1 aliphatic rings. The van der Waals surface area contributed by atoms with Gasteiger partial charge in [-0.1, -0.05) is 47.5 Å². The van der Waals surface area contributed by atoms with Crippen LogP contribution in [0.2, 0.25) is 10.0 Å². The molecule has 0 saturated carbocycles. The molecule has 1 saturated heterocycles. The first-order valence-corrected chi connectivity index (χ1v) is 14.6. The molecule has 6 rings (SSSR count). The molecule has 0 radical (unpaired) electrons. The number of carbonyl (C=O) groups excluding carboxylic acids is 1. The minimum atomic E-state index is -0.435. The van der Waals surface area contributed by atoms with Gasteiger partial charge in [0, 0.05) is 35.2 Å². The van der Waals surface area contributed by atoms with E-state index in [1.807, 2.05) is 42.5 Å². The number of hydrogen-bond acceptors (Lipinski definition) is 6. The van der Waals surface area contributed by atoms with Gasteiger partial charge < -0.3 is 18.8 Å². The normalized spacial score (nSPS) is 14.7. The van der Waals surface area contributed by atoms with Gasteiger partial charge in [-0.15, -0.1) is 0 Å². The Morgan fingerprint density at radius 1 is 1.07 bits per heavy atom. The number of fused-ring (bicyclic) bond motifs is 1. The van der Waals surface area contributed by atoms with Gasteiger partial charge in [0.2, 0.25) is 5.88 Å². The summed E-state index contributed by atoms with van der Waals surface area (Å²) in [5.74, 6) is 0.367. The van der Waals surface area contributed by atoms with E-state index >= 15 is 0 Å². The molecule has 1 atom stereocenters. The van der Waals surface area contributed by atoms with Crippen LogP contribution < -0.4 is 4.74 Å². The molecule has 10 heteroatoms. The Morgan fingerprint density at radius 3 is 2.72 bits per heavy atom. The number of imidazole rings is 1. The summed E-state index contributed by atoms with van der Waals surface area (Å²) in [4.78, 5) is 21.7. The molecule has 0 bridgehead atoms. The Morgan fingerprint density at radius 2 is 1.95 bits per heavy atom. The van der Waals surface area contributed by atoms with E-state index in [0.29, 0.717) is 45.7 Å². The summed E-state index contributed by atoms with van der Waals surface area (Å²) >= 11 is 12.6. The third-order valence-electron chi connectivity index (χ3n) is 7.44. The van der Waals surface area contributed by atoms with Crippen LogP contribution in [0, 0.1) is 5.82 Å². The lowest BCUT2D eigenvalue weighted by Crippen LogP contribution is -2.17. The van der Waals surface area contributed by atoms with Crippen molar-refractivity contribution in [2.75, 3.05) is 13.7 Å². The maximum absolute atomic E-state index is 14.2. The van der Waals surface area contributed by atoms with Crippen LogP contribution in [0.25, 0.3) is 22.3 Å². The van der Waals surface area contributed by atoms with Crippen LogP contribution in [0.4, 0.5) is 4.39 Å². The molecule has 3 heterocycles. The largest absolute Gasteiger partial charge is 0.473 e. The van der Waals surface area contributed by atoms with E-state index in [-0.39, 0.29) is 12.7 Å². The summed E-state index contributed by atoms with van der Waals surface area (Å²) in [5.41, 5.74) is 4.84. The molecule has 7 nitrogen and oxygen atoms in total. The fraction of sp³-hybridized carbons (Fsp3) is 0.242. The molecular weight excluding hydrogens is 592 g/mol. The Bertz CT molecular complexity index is 1800. The lowest BCUT2D eigenvalue weighted by atomic mass is 10.1. The van der Waals surface area contributed by atoms with Crippen molar-refractivity contribution < 1.29 is 23.4 Å². The van der Waals surface area contributed by atoms with E-state index < -0.39 is 11.8 Å². The molecule has 0 N–H and O–H groups in total. The molecule has 3 aromatic carbocycles. The zero-order chi connectivity index (χ0) is 29.9. The van der Waals surface area contributed by atoms with E-state index in [4.69, 9.17) is 42.4 Å². The number of aromatic nitrogens is 3. The average molecular weight is 621 g/mol. The monoisotopic (exact) mass is 619 g/mol. The van der Waals surface area contributed by atoms with Gasteiger partial charge in [0.15, 0.2) is 0 Å². The first kappa shape index (κ1) is 29.1. The van der Waals surface area contributed by atoms with Crippen molar-refractivity contribution in [2.45, 2.75) is 38.5 Å². The second kappa shape index (κ2) is 12.7. The van der Waals surface area contributed by atoms with Gasteiger partial charge in [-0.25, -0.2) is 19.2 Å². The van der Waals surface area contributed by atoms with Crippen molar-refractivity contribution in [3.63, 3.8) is 0 Å². The molecule has 5 aromatic rings. The molecule has 1 aliphatic heterocycles. The molecule has 220 valence electrons. The van der Waals surface area contributed by atoms with E-state index in [1.54, 1.807) is 24.3 Å². The molecule has 43 heavy (non-hydrogen) atoms. The van der Waals surface area contributed by atoms with Gasteiger partial charge in [-0.3, -0.25) is 0 Å². The molecule has 0 amide bonds. The van der Waals surface area contributed by atoms with Gasteiger partial charge in [-0.2, -0.15) is 0 Å². The Labute approximate surface area is 258 Å². The number of hydrogen-bond donors (Lipinski definition) is 0. The highest BCUT2D eigenvalue weighted by atomic mass is 35.5. The predicted octanol–water partition coefficient (Wildman–Crippen LogP) is 7.68. The fourth-order valence-corrected chi connectivity index (χ4v) is 5.70. The van der Waals surface area contributed by atoms with Crippen LogP contribution in [0.15, 0.2) is 72.8 Å². The summed E-state index contributed by atoms with van der Waals surface area (Å²) in [6.45, 7) is 1.40. The number of benzene rings is 3. The zero-order valence-electron chi connectivity index (χ0n) is 23.4. The first-order chi connectivity index (χ1) is 20.9. The van der Waals surface area contributed by atoms with Crippen molar-refractivity contribution >= 4 is 40.2 Å². The van der Waals surface area contributed by atoms with Crippen molar-refractivity contribution in [3.8, 4) is 17.1 Å². The van der Waals surface area contributed by atoms with E-state index in [0.717, 1.165) is 47.4 Å². The van der Waals surface area contributed by atoms with Gasteiger partial charge in [0.1, 0.15) is 18.2 Å².